The topological polar surface area (TPSA) is 55.4 Å². The number of carbonyl (C=O) groups is 2. The molecule has 0 aliphatic carbocycles. The number of halogens is 1. The first kappa shape index (κ1) is 21.0. The molecule has 1 N–H and O–H groups in total. The standard InChI is InChI=1S/C22H26ClNO3/c1-5-27-21(26)18-12-11-17(14-19(18)23)24-20(25)13-8-15-6-9-16(10-7-15)22(2,3)4/h6-7,9-12,14H,5,8,13H2,1-4H3,(H,24,25). The van der Waals surface area contributed by atoms with Crippen LogP contribution in [0.4, 0.5) is 5.69 Å². The van der Waals surface area contributed by atoms with Crippen molar-refractivity contribution in [2.24, 2.45) is 0 Å². The minimum Gasteiger partial charge on any atom is -0.462 e. The van der Waals surface area contributed by atoms with E-state index in [-0.39, 0.29) is 28.5 Å². The molecule has 0 aliphatic heterocycles. The molecule has 144 valence electrons. The van der Waals surface area contributed by atoms with Gasteiger partial charge in [0.2, 0.25) is 5.91 Å². The average Bonchev–Trinajstić information content (AvgIpc) is 2.60. The quantitative estimate of drug-likeness (QED) is 0.676. The van der Waals surface area contributed by atoms with E-state index >= 15 is 0 Å². The molecule has 2 rings (SSSR count). The summed E-state index contributed by atoms with van der Waals surface area (Å²) in [6.07, 6.45) is 1.02. The van der Waals surface area contributed by atoms with Gasteiger partial charge in [-0.15, -0.1) is 0 Å². The predicted molar refractivity (Wildman–Crippen MR) is 110 cm³/mol. The maximum atomic E-state index is 12.2. The highest BCUT2D eigenvalue weighted by Crippen LogP contribution is 2.23. The number of benzene rings is 2. The van der Waals surface area contributed by atoms with Gasteiger partial charge in [0.15, 0.2) is 0 Å². The van der Waals surface area contributed by atoms with Gasteiger partial charge in [0.05, 0.1) is 17.2 Å². The van der Waals surface area contributed by atoms with Gasteiger partial charge in [-0.3, -0.25) is 4.79 Å². The SMILES string of the molecule is CCOC(=O)c1ccc(NC(=O)CCc2ccc(C(C)(C)C)cc2)cc1Cl. The lowest BCUT2D eigenvalue weighted by molar-refractivity contribution is -0.116. The summed E-state index contributed by atoms with van der Waals surface area (Å²) in [7, 11) is 0. The van der Waals surface area contributed by atoms with Crippen molar-refractivity contribution in [2.75, 3.05) is 11.9 Å². The van der Waals surface area contributed by atoms with Crippen LogP contribution in [0.3, 0.4) is 0 Å². The van der Waals surface area contributed by atoms with Crippen LogP contribution in [0, 0.1) is 0 Å². The van der Waals surface area contributed by atoms with Gasteiger partial charge in [-0.25, -0.2) is 4.79 Å². The van der Waals surface area contributed by atoms with Crippen LogP contribution in [-0.4, -0.2) is 18.5 Å². The highest BCUT2D eigenvalue weighted by Gasteiger charge is 2.14. The highest BCUT2D eigenvalue weighted by molar-refractivity contribution is 6.34. The molecule has 0 saturated heterocycles. The van der Waals surface area contributed by atoms with E-state index in [0.717, 1.165) is 5.56 Å². The third-order valence-corrected chi connectivity index (χ3v) is 4.52. The third kappa shape index (κ3) is 6.10. The summed E-state index contributed by atoms with van der Waals surface area (Å²) in [6.45, 7) is 8.54. The van der Waals surface area contributed by atoms with Gasteiger partial charge >= 0.3 is 5.97 Å². The number of aryl methyl sites for hydroxylation is 1. The molecule has 0 heterocycles. The zero-order valence-corrected chi connectivity index (χ0v) is 17.0. The fourth-order valence-corrected chi connectivity index (χ4v) is 2.88. The van der Waals surface area contributed by atoms with Crippen LogP contribution in [0.15, 0.2) is 42.5 Å². The Labute approximate surface area is 165 Å². The maximum Gasteiger partial charge on any atom is 0.339 e. The molecule has 27 heavy (non-hydrogen) atoms. The molecule has 1 amide bonds. The number of carbonyl (C=O) groups excluding carboxylic acids is 2. The van der Waals surface area contributed by atoms with Gasteiger partial charge in [-0.1, -0.05) is 56.6 Å². The molecule has 5 heteroatoms. The Morgan fingerprint density at radius 2 is 1.74 bits per heavy atom. The molecule has 0 fully saturated rings. The number of anilines is 1. The lowest BCUT2D eigenvalue weighted by atomic mass is 9.86. The van der Waals surface area contributed by atoms with Crippen LogP contribution < -0.4 is 5.32 Å². The first-order valence-electron chi connectivity index (χ1n) is 9.06. The molecular weight excluding hydrogens is 362 g/mol. The summed E-state index contributed by atoms with van der Waals surface area (Å²) in [5.41, 5.74) is 3.35. The summed E-state index contributed by atoms with van der Waals surface area (Å²) in [5.74, 6) is -0.575. The van der Waals surface area contributed by atoms with E-state index in [0.29, 0.717) is 18.5 Å². The van der Waals surface area contributed by atoms with Crippen molar-refractivity contribution in [3.05, 3.63) is 64.2 Å². The Balaban J connectivity index is 1.92. The minimum absolute atomic E-state index is 0.102. The number of ether oxygens (including phenoxy) is 1. The number of esters is 1. The Bertz CT molecular complexity index is 807. The van der Waals surface area contributed by atoms with Gasteiger partial charge in [0, 0.05) is 12.1 Å². The van der Waals surface area contributed by atoms with E-state index in [1.807, 2.05) is 0 Å². The van der Waals surface area contributed by atoms with Crippen LogP contribution in [-0.2, 0) is 21.4 Å². The number of hydrogen-bond acceptors (Lipinski definition) is 3. The van der Waals surface area contributed by atoms with Crippen molar-refractivity contribution in [3.63, 3.8) is 0 Å². The van der Waals surface area contributed by atoms with E-state index in [4.69, 9.17) is 16.3 Å². The Hall–Kier alpha value is -2.33. The molecule has 2 aromatic carbocycles. The number of hydrogen-bond donors (Lipinski definition) is 1. The molecule has 2 aromatic rings. The fourth-order valence-electron chi connectivity index (χ4n) is 2.62. The second-order valence-corrected chi connectivity index (χ2v) is 7.82. The summed E-state index contributed by atoms with van der Waals surface area (Å²) in [4.78, 5) is 23.9. The van der Waals surface area contributed by atoms with Crippen molar-refractivity contribution in [2.45, 2.75) is 46.0 Å². The Morgan fingerprint density at radius 1 is 1.07 bits per heavy atom. The van der Waals surface area contributed by atoms with Gasteiger partial charge < -0.3 is 10.1 Å². The lowest BCUT2D eigenvalue weighted by Crippen LogP contribution is -2.13. The molecule has 4 nitrogen and oxygen atoms in total. The van der Waals surface area contributed by atoms with E-state index in [1.54, 1.807) is 25.1 Å². The van der Waals surface area contributed by atoms with Crippen molar-refractivity contribution in [1.82, 2.24) is 0 Å². The monoisotopic (exact) mass is 387 g/mol. The Kier molecular flexibility index (Phi) is 7.03. The van der Waals surface area contributed by atoms with Crippen molar-refractivity contribution >= 4 is 29.2 Å². The molecule has 0 bridgehead atoms. The van der Waals surface area contributed by atoms with E-state index in [1.165, 1.54) is 5.56 Å². The summed E-state index contributed by atoms with van der Waals surface area (Å²) < 4.78 is 4.94. The molecule has 0 spiro atoms. The summed E-state index contributed by atoms with van der Waals surface area (Å²) in [5, 5.41) is 3.07. The third-order valence-electron chi connectivity index (χ3n) is 4.21. The molecule has 0 aromatic heterocycles. The maximum absolute atomic E-state index is 12.2. The first-order chi connectivity index (χ1) is 12.7. The molecule has 0 unspecified atom stereocenters. The van der Waals surface area contributed by atoms with Crippen LogP contribution in [0.25, 0.3) is 0 Å². The predicted octanol–water partition coefficient (Wildman–Crippen LogP) is 5.39. The van der Waals surface area contributed by atoms with Crippen molar-refractivity contribution in [3.8, 4) is 0 Å². The van der Waals surface area contributed by atoms with Crippen LogP contribution in [0.1, 0.15) is 55.6 Å². The van der Waals surface area contributed by atoms with Gasteiger partial charge in [-0.2, -0.15) is 0 Å². The van der Waals surface area contributed by atoms with Crippen LogP contribution >= 0.6 is 11.6 Å². The number of nitrogens with one attached hydrogen (secondary N) is 1. The lowest BCUT2D eigenvalue weighted by Gasteiger charge is -2.19. The van der Waals surface area contributed by atoms with Gasteiger partial charge in [0.25, 0.3) is 0 Å². The largest absolute Gasteiger partial charge is 0.462 e. The number of rotatable bonds is 6. The summed E-state index contributed by atoms with van der Waals surface area (Å²) in [6, 6.07) is 13.1. The van der Waals surface area contributed by atoms with E-state index in [9.17, 15) is 9.59 Å². The molecular formula is C22H26ClNO3. The first-order valence-corrected chi connectivity index (χ1v) is 9.44. The van der Waals surface area contributed by atoms with Gasteiger partial charge in [-0.05, 0) is 48.1 Å². The van der Waals surface area contributed by atoms with Crippen LogP contribution in [0.2, 0.25) is 5.02 Å². The smallest absolute Gasteiger partial charge is 0.339 e. The molecule has 0 radical (unpaired) electrons. The van der Waals surface area contributed by atoms with E-state index < -0.39 is 5.97 Å². The second kappa shape index (κ2) is 9.05. The molecule has 0 aliphatic rings. The highest BCUT2D eigenvalue weighted by atomic mass is 35.5. The number of amides is 1. The van der Waals surface area contributed by atoms with Crippen LogP contribution in [0.5, 0.6) is 0 Å². The van der Waals surface area contributed by atoms with Crippen molar-refractivity contribution < 1.29 is 14.3 Å². The minimum atomic E-state index is -0.473. The average molecular weight is 388 g/mol. The second-order valence-electron chi connectivity index (χ2n) is 7.41. The normalized spacial score (nSPS) is 11.1. The fraction of sp³-hybridized carbons (Fsp3) is 0.364. The Morgan fingerprint density at radius 3 is 2.30 bits per heavy atom. The molecule has 0 saturated carbocycles. The van der Waals surface area contributed by atoms with Crippen molar-refractivity contribution in [1.29, 1.82) is 0 Å². The molecule has 0 atom stereocenters. The van der Waals surface area contributed by atoms with E-state index in [2.05, 4.69) is 50.4 Å². The summed E-state index contributed by atoms with van der Waals surface area (Å²) >= 11 is 6.12. The zero-order chi connectivity index (χ0) is 20.0. The van der Waals surface area contributed by atoms with Gasteiger partial charge in [0.1, 0.15) is 0 Å². The zero-order valence-electron chi connectivity index (χ0n) is 16.3.